The molecule has 10 heteroatoms. The molecule has 164 valence electrons. The summed E-state index contributed by atoms with van der Waals surface area (Å²) in [5.74, 6) is 0.807. The van der Waals surface area contributed by atoms with Crippen LogP contribution in [0.15, 0.2) is 41.2 Å². The van der Waals surface area contributed by atoms with E-state index in [0.29, 0.717) is 30.7 Å². The number of hydrogen-bond donors (Lipinski definition) is 2. The second-order valence-electron chi connectivity index (χ2n) is 8.68. The zero-order chi connectivity index (χ0) is 21.8. The van der Waals surface area contributed by atoms with Crippen molar-refractivity contribution in [1.82, 2.24) is 35.5 Å². The van der Waals surface area contributed by atoms with Gasteiger partial charge in [0.15, 0.2) is 5.82 Å². The molecule has 3 heterocycles. The molecule has 1 fully saturated rings. The van der Waals surface area contributed by atoms with Crippen LogP contribution in [0.2, 0.25) is 0 Å². The number of H-pyrrole nitrogens is 1. The van der Waals surface area contributed by atoms with E-state index in [1.807, 2.05) is 39.0 Å². The van der Waals surface area contributed by atoms with Crippen LogP contribution in [-0.4, -0.2) is 61.9 Å². The molecule has 0 radical (unpaired) electrons. The van der Waals surface area contributed by atoms with Gasteiger partial charge in [-0.15, -0.1) is 0 Å². The second kappa shape index (κ2) is 8.94. The Kier molecular flexibility index (Phi) is 6.10. The molecule has 2 aromatic heterocycles. The van der Waals surface area contributed by atoms with Crippen molar-refractivity contribution in [3.05, 3.63) is 48.1 Å². The zero-order valence-electron chi connectivity index (χ0n) is 17.9. The molecule has 4 rings (SSSR count). The van der Waals surface area contributed by atoms with Crippen LogP contribution < -0.4 is 5.32 Å². The minimum atomic E-state index is -0.570. The summed E-state index contributed by atoms with van der Waals surface area (Å²) in [7, 11) is 0. The highest BCUT2D eigenvalue weighted by atomic mass is 16.5. The predicted molar refractivity (Wildman–Crippen MR) is 111 cm³/mol. The van der Waals surface area contributed by atoms with E-state index in [1.165, 1.54) is 11.9 Å². The lowest BCUT2D eigenvalue weighted by Gasteiger charge is -2.34. The minimum absolute atomic E-state index is 0.197. The van der Waals surface area contributed by atoms with Crippen molar-refractivity contribution in [1.29, 1.82) is 0 Å². The first kappa shape index (κ1) is 21.1. The van der Waals surface area contributed by atoms with Crippen LogP contribution in [0.1, 0.15) is 38.3 Å². The van der Waals surface area contributed by atoms with Gasteiger partial charge in [-0.2, -0.15) is 10.1 Å². The summed E-state index contributed by atoms with van der Waals surface area (Å²) in [5, 5.41) is 13.5. The molecule has 1 aliphatic heterocycles. The topological polar surface area (TPSA) is 122 Å². The maximum Gasteiger partial charge on any atom is 0.251 e. The summed E-state index contributed by atoms with van der Waals surface area (Å²) in [6.45, 7) is 8.58. The van der Waals surface area contributed by atoms with Gasteiger partial charge in [0, 0.05) is 19.6 Å². The van der Waals surface area contributed by atoms with Gasteiger partial charge in [0.25, 0.3) is 5.91 Å². The van der Waals surface area contributed by atoms with Gasteiger partial charge >= 0.3 is 0 Å². The van der Waals surface area contributed by atoms with Gasteiger partial charge in [0.1, 0.15) is 18.5 Å². The Labute approximate surface area is 180 Å². The van der Waals surface area contributed by atoms with Gasteiger partial charge in [0.2, 0.25) is 11.7 Å². The Morgan fingerprint density at radius 2 is 2.13 bits per heavy atom. The third kappa shape index (κ3) is 5.15. The molecule has 31 heavy (non-hydrogen) atoms. The molecule has 1 aromatic carbocycles. The van der Waals surface area contributed by atoms with Crippen molar-refractivity contribution in [2.75, 3.05) is 19.7 Å². The van der Waals surface area contributed by atoms with Crippen LogP contribution >= 0.6 is 0 Å². The number of hydrogen-bond acceptors (Lipinski definition) is 8. The maximum atomic E-state index is 13.1. The van der Waals surface area contributed by atoms with Crippen molar-refractivity contribution < 1.29 is 14.1 Å². The van der Waals surface area contributed by atoms with E-state index in [9.17, 15) is 4.79 Å². The first-order valence-corrected chi connectivity index (χ1v) is 10.3. The average molecular weight is 425 g/mol. The molecule has 0 saturated carbocycles. The van der Waals surface area contributed by atoms with Crippen molar-refractivity contribution in [2.24, 2.45) is 5.41 Å². The number of carbonyl (C=O) groups is 1. The third-order valence-corrected chi connectivity index (χ3v) is 5.16. The third-order valence-electron chi connectivity index (χ3n) is 5.16. The van der Waals surface area contributed by atoms with Crippen molar-refractivity contribution >= 4 is 5.91 Å². The zero-order valence-corrected chi connectivity index (χ0v) is 17.9. The second-order valence-corrected chi connectivity index (χ2v) is 8.68. The van der Waals surface area contributed by atoms with Gasteiger partial charge < -0.3 is 14.6 Å². The molecule has 1 saturated heterocycles. The van der Waals surface area contributed by atoms with E-state index in [2.05, 4.69) is 47.7 Å². The van der Waals surface area contributed by atoms with E-state index >= 15 is 0 Å². The van der Waals surface area contributed by atoms with Gasteiger partial charge in [0.05, 0.1) is 6.61 Å². The fourth-order valence-electron chi connectivity index (χ4n) is 3.49. The molecule has 0 spiro atoms. The summed E-state index contributed by atoms with van der Waals surface area (Å²) in [4.78, 5) is 23.8. The number of morpholine rings is 1. The van der Waals surface area contributed by atoms with Gasteiger partial charge in [-0.3, -0.25) is 14.8 Å². The number of benzene rings is 1. The molecule has 0 bridgehead atoms. The van der Waals surface area contributed by atoms with Crippen molar-refractivity contribution in [2.45, 2.75) is 39.5 Å². The number of nitrogens with one attached hydrogen (secondary N) is 2. The molecular weight excluding hydrogens is 398 g/mol. The fraction of sp³-hybridized carbons (Fsp3) is 0.476. The highest BCUT2D eigenvalue weighted by molar-refractivity contribution is 5.81. The van der Waals surface area contributed by atoms with Crippen LogP contribution in [-0.2, 0) is 16.1 Å². The predicted octanol–water partition coefficient (Wildman–Crippen LogP) is 1.96. The number of nitrogens with zero attached hydrogens (tertiary/aromatic N) is 5. The largest absolute Gasteiger partial charge is 0.366 e. The quantitative estimate of drug-likeness (QED) is 0.615. The van der Waals surface area contributed by atoms with Crippen LogP contribution in [0.4, 0.5) is 0 Å². The van der Waals surface area contributed by atoms with E-state index in [1.54, 1.807) is 0 Å². The van der Waals surface area contributed by atoms with Gasteiger partial charge in [-0.1, -0.05) is 56.3 Å². The van der Waals surface area contributed by atoms with E-state index in [4.69, 9.17) is 9.26 Å². The monoisotopic (exact) mass is 425 g/mol. The molecule has 2 atom stereocenters. The summed E-state index contributed by atoms with van der Waals surface area (Å²) in [6.07, 6.45) is 0.801. The minimum Gasteiger partial charge on any atom is -0.366 e. The molecule has 1 aliphatic rings. The highest BCUT2D eigenvalue weighted by Crippen LogP contribution is 2.32. The molecule has 0 aliphatic carbocycles. The number of ether oxygens (including phenoxy) is 1. The number of rotatable bonds is 6. The SMILES string of the molecule is CC(C)(C)C(NC(=O)C1CN(Cc2ccccc2)CCO1)c1nc(-c2ncn[nH]2)no1. The lowest BCUT2D eigenvalue weighted by atomic mass is 9.86. The summed E-state index contributed by atoms with van der Waals surface area (Å²) in [5.41, 5.74) is 0.848. The summed E-state index contributed by atoms with van der Waals surface area (Å²) in [6, 6.07) is 9.72. The van der Waals surface area contributed by atoms with E-state index < -0.39 is 12.1 Å². The first-order chi connectivity index (χ1) is 14.9. The summed E-state index contributed by atoms with van der Waals surface area (Å²) < 4.78 is 11.2. The number of aromatic amines is 1. The lowest BCUT2D eigenvalue weighted by molar-refractivity contribution is -0.140. The molecule has 2 unspecified atom stereocenters. The van der Waals surface area contributed by atoms with Crippen molar-refractivity contribution in [3.8, 4) is 11.6 Å². The fourth-order valence-corrected chi connectivity index (χ4v) is 3.49. The van der Waals surface area contributed by atoms with Crippen LogP contribution in [0, 0.1) is 5.41 Å². The molecular formula is C21H27N7O3. The lowest BCUT2D eigenvalue weighted by Crippen LogP contribution is -2.51. The van der Waals surface area contributed by atoms with Gasteiger partial charge in [-0.25, -0.2) is 4.98 Å². The molecule has 1 amide bonds. The smallest absolute Gasteiger partial charge is 0.251 e. The Hall–Kier alpha value is -3.11. The normalized spacial score (nSPS) is 18.6. The van der Waals surface area contributed by atoms with Crippen molar-refractivity contribution in [3.63, 3.8) is 0 Å². The molecule has 3 aromatic rings. The van der Waals surface area contributed by atoms with E-state index in [0.717, 1.165) is 13.1 Å². The summed E-state index contributed by atoms with van der Waals surface area (Å²) >= 11 is 0. The number of carbonyl (C=O) groups excluding carboxylic acids is 1. The number of amides is 1. The van der Waals surface area contributed by atoms with Crippen LogP contribution in [0.3, 0.4) is 0 Å². The maximum absolute atomic E-state index is 13.1. The van der Waals surface area contributed by atoms with Crippen LogP contribution in [0.5, 0.6) is 0 Å². The highest BCUT2D eigenvalue weighted by Gasteiger charge is 2.36. The molecule has 10 nitrogen and oxygen atoms in total. The van der Waals surface area contributed by atoms with Gasteiger partial charge in [-0.05, 0) is 11.0 Å². The Balaban J connectivity index is 1.44. The first-order valence-electron chi connectivity index (χ1n) is 10.3. The number of aromatic nitrogens is 5. The Morgan fingerprint density at radius 3 is 2.84 bits per heavy atom. The van der Waals surface area contributed by atoms with E-state index in [-0.39, 0.29) is 11.3 Å². The van der Waals surface area contributed by atoms with Crippen LogP contribution in [0.25, 0.3) is 11.6 Å². The average Bonchev–Trinajstić information content (AvgIpc) is 3.44. The Morgan fingerprint density at radius 1 is 1.32 bits per heavy atom. The molecule has 2 N–H and O–H groups in total. The standard InChI is InChI=1S/C21H27N7O3/c1-21(2,3)16(20-25-18(27-31-20)17-22-13-23-26-17)24-19(29)15-12-28(9-10-30-15)11-14-7-5-4-6-8-14/h4-8,13,15-16H,9-12H2,1-3H3,(H,24,29)(H,22,23,26). The Bertz CT molecular complexity index is 982.